The number of aromatic nitrogens is 5. The van der Waals surface area contributed by atoms with E-state index in [-0.39, 0.29) is 5.82 Å². The SMILES string of the molecule is Fc1ccc(-c2noc(-c3nnc4n3CCN(Cc3ccc(-c5cccs5)cc3)C4)n2)cc1. The summed E-state index contributed by atoms with van der Waals surface area (Å²) in [6, 6.07) is 18.9. The summed E-state index contributed by atoms with van der Waals surface area (Å²) in [4.78, 5) is 8.07. The molecule has 0 N–H and O–H groups in total. The van der Waals surface area contributed by atoms with Crippen LogP contribution in [0, 0.1) is 5.82 Å². The Labute approximate surface area is 193 Å². The van der Waals surface area contributed by atoms with Crippen molar-refractivity contribution in [3.63, 3.8) is 0 Å². The average molecular weight is 459 g/mol. The summed E-state index contributed by atoms with van der Waals surface area (Å²) < 4.78 is 20.6. The first kappa shape index (κ1) is 20.0. The molecular weight excluding hydrogens is 439 g/mol. The zero-order valence-electron chi connectivity index (χ0n) is 17.6. The van der Waals surface area contributed by atoms with Crippen LogP contribution in [0.15, 0.2) is 70.6 Å². The fourth-order valence-electron chi connectivity index (χ4n) is 4.01. The molecule has 6 rings (SSSR count). The molecule has 7 nitrogen and oxygen atoms in total. The standard InChI is InChI=1S/C24H19FN6OS/c25-19-9-7-18(8-10-19)22-26-24(32-29-22)23-28-27-21-15-30(11-12-31(21)23)14-16-3-5-17(6-4-16)20-2-1-13-33-20/h1-10,13H,11-12,14-15H2. The molecule has 0 atom stereocenters. The number of fused-ring (bicyclic) bond motifs is 1. The van der Waals surface area contributed by atoms with Gasteiger partial charge in [0.1, 0.15) is 11.6 Å². The Balaban J connectivity index is 1.16. The van der Waals surface area contributed by atoms with E-state index in [0.29, 0.717) is 29.6 Å². The molecule has 5 aromatic rings. The molecule has 0 amide bonds. The van der Waals surface area contributed by atoms with Crippen molar-refractivity contribution in [3.05, 3.63) is 83.2 Å². The Morgan fingerprint density at radius 2 is 1.76 bits per heavy atom. The Hall–Kier alpha value is -3.69. The molecule has 0 radical (unpaired) electrons. The first-order chi connectivity index (χ1) is 16.2. The minimum atomic E-state index is -0.308. The molecule has 33 heavy (non-hydrogen) atoms. The molecule has 164 valence electrons. The van der Waals surface area contributed by atoms with Gasteiger partial charge in [0.2, 0.25) is 11.6 Å². The minimum absolute atomic E-state index is 0.308. The molecule has 4 heterocycles. The van der Waals surface area contributed by atoms with Gasteiger partial charge in [0.05, 0.1) is 6.54 Å². The van der Waals surface area contributed by atoms with E-state index in [1.165, 1.54) is 28.1 Å². The van der Waals surface area contributed by atoms with Gasteiger partial charge in [0.25, 0.3) is 5.89 Å². The van der Waals surface area contributed by atoms with Crippen molar-refractivity contribution in [1.82, 2.24) is 29.8 Å². The molecule has 1 aliphatic rings. The largest absolute Gasteiger partial charge is 0.330 e. The lowest BCUT2D eigenvalue weighted by Gasteiger charge is -2.27. The summed E-state index contributed by atoms with van der Waals surface area (Å²) >= 11 is 1.75. The smallest absolute Gasteiger partial charge is 0.296 e. The number of hydrogen-bond acceptors (Lipinski definition) is 7. The van der Waals surface area contributed by atoms with Gasteiger partial charge < -0.3 is 9.09 Å². The van der Waals surface area contributed by atoms with Crippen LogP contribution in [-0.2, 0) is 19.6 Å². The number of nitrogens with zero attached hydrogens (tertiary/aromatic N) is 6. The maximum atomic E-state index is 13.2. The highest BCUT2D eigenvalue weighted by atomic mass is 32.1. The van der Waals surface area contributed by atoms with Crippen LogP contribution in [0.4, 0.5) is 4.39 Å². The maximum Gasteiger partial charge on any atom is 0.296 e. The van der Waals surface area contributed by atoms with Gasteiger partial charge in [0, 0.05) is 30.1 Å². The summed E-state index contributed by atoms with van der Waals surface area (Å²) in [5.74, 6) is 1.83. The highest BCUT2D eigenvalue weighted by Crippen LogP contribution is 2.26. The van der Waals surface area contributed by atoms with Gasteiger partial charge in [-0.15, -0.1) is 21.5 Å². The Morgan fingerprint density at radius 1 is 0.939 bits per heavy atom. The van der Waals surface area contributed by atoms with Crippen molar-refractivity contribution in [2.75, 3.05) is 6.54 Å². The van der Waals surface area contributed by atoms with Crippen LogP contribution in [0.2, 0.25) is 0 Å². The van der Waals surface area contributed by atoms with Gasteiger partial charge in [0.15, 0.2) is 0 Å². The third kappa shape index (κ3) is 3.96. The quantitative estimate of drug-likeness (QED) is 0.374. The van der Waals surface area contributed by atoms with E-state index >= 15 is 0 Å². The fraction of sp³-hybridized carbons (Fsp3) is 0.167. The van der Waals surface area contributed by atoms with Crippen molar-refractivity contribution in [3.8, 4) is 33.5 Å². The number of thiophene rings is 1. The molecule has 0 fully saturated rings. The van der Waals surface area contributed by atoms with E-state index in [0.717, 1.165) is 25.5 Å². The van der Waals surface area contributed by atoms with Gasteiger partial charge in [-0.25, -0.2) is 4.39 Å². The summed E-state index contributed by atoms with van der Waals surface area (Å²) in [5, 5.41) is 14.8. The highest BCUT2D eigenvalue weighted by molar-refractivity contribution is 7.13. The monoisotopic (exact) mass is 458 g/mol. The van der Waals surface area contributed by atoms with E-state index in [4.69, 9.17) is 4.52 Å². The molecule has 9 heteroatoms. The summed E-state index contributed by atoms with van der Waals surface area (Å²) in [6.45, 7) is 3.14. The minimum Gasteiger partial charge on any atom is -0.330 e. The van der Waals surface area contributed by atoms with Crippen LogP contribution in [0.3, 0.4) is 0 Å². The van der Waals surface area contributed by atoms with Crippen molar-refractivity contribution in [1.29, 1.82) is 0 Å². The lowest BCUT2D eigenvalue weighted by Crippen LogP contribution is -2.33. The van der Waals surface area contributed by atoms with Crippen LogP contribution in [0.1, 0.15) is 11.4 Å². The molecule has 0 aliphatic carbocycles. The second-order valence-electron chi connectivity index (χ2n) is 7.91. The van der Waals surface area contributed by atoms with Crippen LogP contribution in [0.25, 0.3) is 33.5 Å². The number of halogens is 1. The topological polar surface area (TPSA) is 72.9 Å². The number of rotatable bonds is 5. The van der Waals surface area contributed by atoms with Crippen molar-refractivity contribution < 1.29 is 8.91 Å². The number of hydrogen-bond donors (Lipinski definition) is 0. The Kier molecular flexibility index (Phi) is 5.04. The van der Waals surface area contributed by atoms with E-state index in [2.05, 4.69) is 67.0 Å². The van der Waals surface area contributed by atoms with Crippen LogP contribution >= 0.6 is 11.3 Å². The molecule has 1 aliphatic heterocycles. The van der Waals surface area contributed by atoms with Crippen LogP contribution < -0.4 is 0 Å². The predicted octanol–water partition coefficient (Wildman–Crippen LogP) is 4.88. The van der Waals surface area contributed by atoms with E-state index in [9.17, 15) is 4.39 Å². The molecule has 0 spiro atoms. The van der Waals surface area contributed by atoms with E-state index < -0.39 is 0 Å². The predicted molar refractivity (Wildman–Crippen MR) is 123 cm³/mol. The molecule has 0 saturated carbocycles. The maximum absolute atomic E-state index is 13.2. The van der Waals surface area contributed by atoms with Gasteiger partial charge in [-0.1, -0.05) is 35.5 Å². The summed E-state index contributed by atoms with van der Waals surface area (Å²) in [5.41, 5.74) is 3.20. The van der Waals surface area contributed by atoms with Crippen molar-refractivity contribution in [2.24, 2.45) is 0 Å². The molecule has 0 saturated heterocycles. The van der Waals surface area contributed by atoms with Gasteiger partial charge >= 0.3 is 0 Å². The van der Waals surface area contributed by atoms with Gasteiger partial charge in [-0.2, -0.15) is 4.98 Å². The Bertz CT molecular complexity index is 1380. The van der Waals surface area contributed by atoms with Crippen molar-refractivity contribution in [2.45, 2.75) is 19.6 Å². The van der Waals surface area contributed by atoms with Crippen LogP contribution in [-0.4, -0.2) is 36.3 Å². The first-order valence-corrected chi connectivity index (χ1v) is 11.5. The second-order valence-corrected chi connectivity index (χ2v) is 8.85. The lowest BCUT2D eigenvalue weighted by molar-refractivity contribution is 0.209. The average Bonchev–Trinajstić information content (AvgIpc) is 3.60. The molecule has 0 unspecified atom stereocenters. The highest BCUT2D eigenvalue weighted by Gasteiger charge is 2.25. The van der Waals surface area contributed by atoms with E-state index in [1.807, 2.05) is 4.57 Å². The third-order valence-electron chi connectivity index (χ3n) is 5.72. The zero-order chi connectivity index (χ0) is 22.2. The summed E-state index contributed by atoms with van der Waals surface area (Å²) in [7, 11) is 0. The fourth-order valence-corrected chi connectivity index (χ4v) is 4.74. The van der Waals surface area contributed by atoms with Crippen LogP contribution in [0.5, 0.6) is 0 Å². The zero-order valence-corrected chi connectivity index (χ0v) is 18.4. The van der Waals surface area contributed by atoms with Gasteiger partial charge in [-0.3, -0.25) is 4.90 Å². The second kappa shape index (κ2) is 8.34. The van der Waals surface area contributed by atoms with E-state index in [1.54, 1.807) is 23.5 Å². The number of benzene rings is 2. The Morgan fingerprint density at radius 3 is 2.55 bits per heavy atom. The molecule has 2 aromatic carbocycles. The molecule has 3 aromatic heterocycles. The molecule has 0 bridgehead atoms. The normalized spacial score (nSPS) is 13.8. The lowest BCUT2D eigenvalue weighted by atomic mass is 10.1. The summed E-state index contributed by atoms with van der Waals surface area (Å²) in [6.07, 6.45) is 0. The third-order valence-corrected chi connectivity index (χ3v) is 6.64. The first-order valence-electron chi connectivity index (χ1n) is 10.6. The van der Waals surface area contributed by atoms with Crippen molar-refractivity contribution >= 4 is 11.3 Å². The van der Waals surface area contributed by atoms with Gasteiger partial charge in [-0.05, 0) is 46.8 Å². The molecular formula is C24H19FN6OS.